The summed E-state index contributed by atoms with van der Waals surface area (Å²) < 4.78 is 36.0. The number of nitrogens with one attached hydrogen (secondary N) is 1. The molecule has 0 unspecified atom stereocenters. The van der Waals surface area contributed by atoms with Crippen molar-refractivity contribution < 1.29 is 33.0 Å². The van der Waals surface area contributed by atoms with Crippen LogP contribution in [0.15, 0.2) is 0 Å². The SMILES string of the molecule is CCOC(=O)C(F)(F)C[C@@H](CO)NC(=O)OC(C)(C)C. The lowest BCUT2D eigenvalue weighted by molar-refractivity contribution is -0.173. The lowest BCUT2D eigenvalue weighted by atomic mass is 10.1. The number of aliphatic hydroxyl groups excluding tert-OH is 1. The summed E-state index contributed by atoms with van der Waals surface area (Å²) in [5.41, 5.74) is -0.798. The first kappa shape index (κ1) is 18.6. The Balaban J connectivity index is 4.55. The third kappa shape index (κ3) is 7.22. The van der Waals surface area contributed by atoms with Gasteiger partial charge in [0.25, 0.3) is 0 Å². The highest BCUT2D eigenvalue weighted by Gasteiger charge is 2.43. The van der Waals surface area contributed by atoms with Crippen LogP contribution in [0.3, 0.4) is 0 Å². The fraction of sp³-hybridized carbons (Fsp3) is 0.833. The second kappa shape index (κ2) is 7.37. The molecule has 1 atom stereocenters. The fourth-order valence-electron chi connectivity index (χ4n) is 1.26. The van der Waals surface area contributed by atoms with Crippen LogP contribution in [0.2, 0.25) is 0 Å². The molecular weight excluding hydrogens is 276 g/mol. The molecule has 0 saturated carbocycles. The van der Waals surface area contributed by atoms with Gasteiger partial charge in [0, 0.05) is 6.42 Å². The van der Waals surface area contributed by atoms with Gasteiger partial charge in [-0.05, 0) is 27.7 Å². The Morgan fingerprint density at radius 3 is 2.25 bits per heavy atom. The van der Waals surface area contributed by atoms with Crippen LogP contribution in [-0.4, -0.2) is 47.9 Å². The van der Waals surface area contributed by atoms with E-state index in [1.807, 2.05) is 0 Å². The van der Waals surface area contributed by atoms with E-state index in [1.165, 1.54) is 6.92 Å². The molecule has 2 N–H and O–H groups in total. The third-order valence-corrected chi connectivity index (χ3v) is 2.02. The summed E-state index contributed by atoms with van der Waals surface area (Å²) >= 11 is 0. The maximum absolute atomic E-state index is 13.5. The number of ether oxygens (including phenoxy) is 2. The standard InChI is InChI=1S/C12H21F2NO5/c1-5-19-9(17)12(13,14)6-8(7-16)15-10(18)20-11(2,3)4/h8,16H,5-7H2,1-4H3,(H,15,18)/t8-/m0/s1. The molecule has 1 amide bonds. The van der Waals surface area contributed by atoms with Crippen LogP contribution in [0.1, 0.15) is 34.1 Å². The van der Waals surface area contributed by atoms with Crippen molar-refractivity contribution in [3.05, 3.63) is 0 Å². The summed E-state index contributed by atoms with van der Waals surface area (Å²) in [5.74, 6) is -5.48. The molecule has 0 fully saturated rings. The molecule has 0 aliphatic carbocycles. The van der Waals surface area contributed by atoms with Crippen molar-refractivity contribution in [3.8, 4) is 0 Å². The first-order valence-corrected chi connectivity index (χ1v) is 6.17. The van der Waals surface area contributed by atoms with Crippen molar-refractivity contribution in [2.75, 3.05) is 13.2 Å². The number of aliphatic hydroxyl groups is 1. The summed E-state index contributed by atoms with van der Waals surface area (Å²) in [5, 5.41) is 11.1. The first-order valence-electron chi connectivity index (χ1n) is 6.17. The third-order valence-electron chi connectivity index (χ3n) is 2.02. The van der Waals surface area contributed by atoms with Crippen molar-refractivity contribution in [2.24, 2.45) is 0 Å². The van der Waals surface area contributed by atoms with Gasteiger partial charge in [-0.25, -0.2) is 9.59 Å². The van der Waals surface area contributed by atoms with E-state index in [1.54, 1.807) is 20.8 Å². The maximum atomic E-state index is 13.5. The zero-order valence-corrected chi connectivity index (χ0v) is 12.0. The molecule has 8 heteroatoms. The van der Waals surface area contributed by atoms with Gasteiger partial charge in [-0.2, -0.15) is 8.78 Å². The first-order chi connectivity index (χ1) is 9.01. The minimum absolute atomic E-state index is 0.183. The Hall–Kier alpha value is -1.44. The highest BCUT2D eigenvalue weighted by molar-refractivity contribution is 5.77. The molecule has 0 rings (SSSR count). The van der Waals surface area contributed by atoms with Crippen LogP contribution in [-0.2, 0) is 14.3 Å². The maximum Gasteiger partial charge on any atom is 0.407 e. The van der Waals surface area contributed by atoms with Gasteiger partial charge in [0.1, 0.15) is 5.60 Å². The molecule has 6 nitrogen and oxygen atoms in total. The highest BCUT2D eigenvalue weighted by Crippen LogP contribution is 2.22. The topological polar surface area (TPSA) is 84.9 Å². The van der Waals surface area contributed by atoms with E-state index in [-0.39, 0.29) is 6.61 Å². The zero-order valence-electron chi connectivity index (χ0n) is 12.0. The van der Waals surface area contributed by atoms with E-state index >= 15 is 0 Å². The van der Waals surface area contributed by atoms with Crippen molar-refractivity contribution in [1.29, 1.82) is 0 Å². The lowest BCUT2D eigenvalue weighted by Crippen LogP contribution is -2.46. The van der Waals surface area contributed by atoms with E-state index in [4.69, 9.17) is 9.84 Å². The largest absolute Gasteiger partial charge is 0.462 e. The Bertz CT molecular complexity index is 341. The number of amides is 1. The summed E-state index contributed by atoms with van der Waals surface area (Å²) in [4.78, 5) is 22.4. The van der Waals surface area contributed by atoms with Gasteiger partial charge in [0.2, 0.25) is 0 Å². The number of alkyl carbamates (subject to hydrolysis) is 1. The number of halogens is 2. The second-order valence-electron chi connectivity index (χ2n) is 5.15. The summed E-state index contributed by atoms with van der Waals surface area (Å²) in [7, 11) is 0. The summed E-state index contributed by atoms with van der Waals surface area (Å²) in [6, 6.07) is -1.32. The molecular formula is C12H21F2NO5. The summed E-state index contributed by atoms with van der Waals surface area (Å²) in [6.45, 7) is 5.28. The molecule has 0 aromatic rings. The predicted octanol–water partition coefficient (Wildman–Crippen LogP) is 1.46. The molecule has 0 aromatic heterocycles. The summed E-state index contributed by atoms with van der Waals surface area (Å²) in [6.07, 6.45) is -2.02. The monoisotopic (exact) mass is 297 g/mol. The fourth-order valence-corrected chi connectivity index (χ4v) is 1.26. The normalized spacial score (nSPS) is 13.6. The molecule has 0 heterocycles. The Kier molecular flexibility index (Phi) is 6.84. The number of carbonyl (C=O) groups is 2. The van der Waals surface area contributed by atoms with E-state index in [9.17, 15) is 18.4 Å². The van der Waals surface area contributed by atoms with Gasteiger partial charge in [-0.15, -0.1) is 0 Å². The van der Waals surface area contributed by atoms with Gasteiger partial charge in [0.15, 0.2) is 0 Å². The van der Waals surface area contributed by atoms with Crippen molar-refractivity contribution in [1.82, 2.24) is 5.32 Å². The Morgan fingerprint density at radius 2 is 1.85 bits per heavy atom. The molecule has 0 aromatic carbocycles. The van der Waals surface area contributed by atoms with Gasteiger partial charge in [0.05, 0.1) is 19.3 Å². The number of carbonyl (C=O) groups excluding carboxylic acids is 2. The molecule has 0 aliphatic rings. The molecule has 0 spiro atoms. The molecule has 0 saturated heterocycles. The predicted molar refractivity (Wildman–Crippen MR) is 66.4 cm³/mol. The van der Waals surface area contributed by atoms with Gasteiger partial charge in [-0.1, -0.05) is 0 Å². The van der Waals surface area contributed by atoms with Gasteiger partial charge in [-0.3, -0.25) is 0 Å². The lowest BCUT2D eigenvalue weighted by Gasteiger charge is -2.24. The Morgan fingerprint density at radius 1 is 1.30 bits per heavy atom. The highest BCUT2D eigenvalue weighted by atomic mass is 19.3. The molecule has 20 heavy (non-hydrogen) atoms. The van der Waals surface area contributed by atoms with Gasteiger partial charge < -0.3 is 19.9 Å². The van der Waals surface area contributed by atoms with Crippen molar-refractivity contribution in [3.63, 3.8) is 0 Å². The number of hydrogen-bond acceptors (Lipinski definition) is 5. The van der Waals surface area contributed by atoms with Gasteiger partial charge >= 0.3 is 18.0 Å². The van der Waals surface area contributed by atoms with E-state index in [2.05, 4.69) is 10.1 Å². The molecule has 0 aliphatic heterocycles. The van der Waals surface area contributed by atoms with Crippen molar-refractivity contribution in [2.45, 2.75) is 51.7 Å². The van der Waals surface area contributed by atoms with Crippen LogP contribution in [0.4, 0.5) is 13.6 Å². The van der Waals surface area contributed by atoms with E-state index in [0.717, 1.165) is 0 Å². The minimum Gasteiger partial charge on any atom is -0.462 e. The van der Waals surface area contributed by atoms with Crippen LogP contribution >= 0.6 is 0 Å². The van der Waals surface area contributed by atoms with Crippen LogP contribution in [0.25, 0.3) is 0 Å². The second-order valence-corrected chi connectivity index (χ2v) is 5.15. The number of esters is 1. The number of hydrogen-bond donors (Lipinski definition) is 2. The molecule has 0 radical (unpaired) electrons. The van der Waals surface area contributed by atoms with E-state index < -0.39 is 42.7 Å². The van der Waals surface area contributed by atoms with E-state index in [0.29, 0.717) is 0 Å². The smallest absolute Gasteiger partial charge is 0.407 e. The minimum atomic E-state index is -3.79. The Labute approximate surface area is 116 Å². The van der Waals surface area contributed by atoms with Crippen LogP contribution in [0, 0.1) is 0 Å². The zero-order chi connectivity index (χ0) is 16.0. The number of rotatable bonds is 6. The number of alkyl halides is 2. The molecule has 118 valence electrons. The van der Waals surface area contributed by atoms with Crippen LogP contribution in [0.5, 0.6) is 0 Å². The van der Waals surface area contributed by atoms with Crippen molar-refractivity contribution >= 4 is 12.1 Å². The molecule has 0 bridgehead atoms. The quantitative estimate of drug-likeness (QED) is 0.725. The average Bonchev–Trinajstić information content (AvgIpc) is 2.25. The van der Waals surface area contributed by atoms with Crippen LogP contribution < -0.4 is 5.32 Å². The average molecular weight is 297 g/mol.